The first kappa shape index (κ1) is 80.5. The van der Waals surface area contributed by atoms with E-state index in [1.54, 1.807) is 0 Å². The van der Waals surface area contributed by atoms with Gasteiger partial charge in [-0.2, -0.15) is 0 Å². The summed E-state index contributed by atoms with van der Waals surface area (Å²) in [4.78, 5) is 31.6. The number of benzene rings is 20. The van der Waals surface area contributed by atoms with Gasteiger partial charge in [0, 0.05) is 107 Å². The molecule has 26 rings (SSSR count). The SMILES string of the molecule is c1ccc(-c2cc(-c3ccccc3)cc(-c3ccc(-c4ccc5sc6cc7c8ccccc8n(-c8ccccc8)c7cc6c5c4)c(-c4nc(-c5ccccc5)nc(-c5ccccc5)n4)c3)c2)cc1.c1ccc(-c2cc(-c3ccccc3)cc(-c3ccc(-c4cccc5sc6cc7c8ccccc8n(-c8ccccc8)c7cc6c45)c(-c4nc(-c5ccccc5)nc(-c5ccccc5)n4)c3)c2)cc1. The highest BCUT2D eigenvalue weighted by atomic mass is 32.1. The number of hydrogen-bond acceptors (Lipinski definition) is 8. The summed E-state index contributed by atoms with van der Waals surface area (Å²) in [7, 11) is 0. The molecule has 0 fully saturated rings. The van der Waals surface area contributed by atoms with E-state index in [9.17, 15) is 0 Å². The largest absolute Gasteiger partial charge is 0.309 e. The molecule has 0 radical (unpaired) electrons. The Morgan fingerprint density at radius 2 is 0.449 bits per heavy atom. The number of thiophene rings is 2. The van der Waals surface area contributed by atoms with Gasteiger partial charge >= 0.3 is 0 Å². The highest BCUT2D eigenvalue weighted by Gasteiger charge is 2.26. The molecule has 0 aliphatic heterocycles. The molecular formula is C126H80N8S2. The fourth-order valence-electron chi connectivity index (χ4n) is 19.6. The zero-order valence-electron chi connectivity index (χ0n) is 73.6. The molecule has 636 valence electrons. The van der Waals surface area contributed by atoms with Gasteiger partial charge in [0.15, 0.2) is 34.9 Å². The highest BCUT2D eigenvalue weighted by molar-refractivity contribution is 7.26. The van der Waals surface area contributed by atoms with Crippen LogP contribution in [-0.4, -0.2) is 39.0 Å². The van der Waals surface area contributed by atoms with Crippen molar-refractivity contribution in [1.82, 2.24) is 39.0 Å². The van der Waals surface area contributed by atoms with Crippen LogP contribution in [0.2, 0.25) is 0 Å². The molecule has 0 N–H and O–H groups in total. The van der Waals surface area contributed by atoms with Gasteiger partial charge < -0.3 is 9.13 Å². The minimum absolute atomic E-state index is 0.611. The lowest BCUT2D eigenvalue weighted by atomic mass is 9.89. The van der Waals surface area contributed by atoms with Crippen molar-refractivity contribution < 1.29 is 0 Å². The number of para-hydroxylation sites is 4. The molecule has 0 unspecified atom stereocenters. The lowest BCUT2D eigenvalue weighted by molar-refractivity contribution is 1.07. The molecule has 6 heterocycles. The molecule has 26 aromatic rings. The predicted molar refractivity (Wildman–Crippen MR) is 570 cm³/mol. The van der Waals surface area contributed by atoms with Crippen molar-refractivity contribution in [3.63, 3.8) is 0 Å². The van der Waals surface area contributed by atoms with Gasteiger partial charge in [-0.05, 0) is 216 Å². The predicted octanol–water partition coefficient (Wildman–Crippen LogP) is 34.0. The molecule has 0 spiro atoms. The maximum absolute atomic E-state index is 5.37. The van der Waals surface area contributed by atoms with Crippen molar-refractivity contribution >= 4 is 107 Å². The third-order valence-corrected chi connectivity index (χ3v) is 28.3. The van der Waals surface area contributed by atoms with Crippen molar-refractivity contribution in [3.05, 3.63) is 485 Å². The van der Waals surface area contributed by atoms with E-state index in [4.69, 9.17) is 29.9 Å². The standard InChI is InChI=1S/2C63H40N4S/c1-6-19-41(20-7-1)46-35-47(42-21-8-2-9-22-42)37-48(36-46)45-33-34-50(54(38-45)63-65-61(43-23-10-3-11-24-43)64-62(66-63)44-25-12-4-13-26-44)52-30-18-32-58-60(52)55-39-57-53(40-59(55)68-58)51-29-16-17-31-56(51)67(57)49-27-14-5-15-28-49;1-6-18-41(19-7-1)47-34-48(42-20-8-2-9-21-42)36-49(35-47)45-30-32-51(56(37-45)63-65-61(43-22-10-3-11-23-43)64-62(66-63)44-24-12-4-13-25-44)46-31-33-59-54(38-46)55-39-58-53(40-60(55)68-59)52-28-16-17-29-57(52)67(58)50-26-14-5-15-27-50/h2*1-40H. The molecule has 0 amide bonds. The Morgan fingerprint density at radius 3 is 0.853 bits per heavy atom. The number of hydrogen-bond donors (Lipinski definition) is 0. The average molecular weight is 1770 g/mol. The highest BCUT2D eigenvalue weighted by Crippen LogP contribution is 2.50. The van der Waals surface area contributed by atoms with E-state index in [0.717, 1.165) is 123 Å². The van der Waals surface area contributed by atoms with Crippen LogP contribution >= 0.6 is 22.7 Å². The van der Waals surface area contributed by atoms with E-state index in [2.05, 4.69) is 422 Å². The van der Waals surface area contributed by atoms with Crippen LogP contribution < -0.4 is 0 Å². The summed E-state index contributed by atoms with van der Waals surface area (Å²) < 4.78 is 9.79. The summed E-state index contributed by atoms with van der Waals surface area (Å²) in [5.74, 6) is 3.72. The Hall–Kier alpha value is -17.5. The smallest absolute Gasteiger partial charge is 0.164 e. The van der Waals surface area contributed by atoms with Gasteiger partial charge in [-0.1, -0.05) is 358 Å². The monoisotopic (exact) mass is 1770 g/mol. The summed E-state index contributed by atoms with van der Waals surface area (Å²) in [6, 6.07) is 173. The van der Waals surface area contributed by atoms with Crippen LogP contribution in [0.3, 0.4) is 0 Å². The van der Waals surface area contributed by atoms with Gasteiger partial charge in [-0.3, -0.25) is 0 Å². The summed E-state index contributed by atoms with van der Waals surface area (Å²) in [5.41, 5.74) is 30.6. The average Bonchev–Trinajstić information content (AvgIpc) is 1.56. The van der Waals surface area contributed by atoms with E-state index in [1.807, 2.05) is 95.5 Å². The molecule has 0 aliphatic rings. The first-order chi connectivity index (χ1) is 67.4. The number of nitrogens with zero attached hydrogens (tertiary/aromatic N) is 8. The Bertz CT molecular complexity index is 8810. The molecule has 0 saturated carbocycles. The molecular weight excluding hydrogens is 1690 g/mol. The Kier molecular flexibility index (Phi) is 20.5. The number of aromatic nitrogens is 8. The fraction of sp³-hybridized carbons (Fsp3) is 0. The van der Waals surface area contributed by atoms with E-state index in [0.29, 0.717) is 34.9 Å². The van der Waals surface area contributed by atoms with Gasteiger partial charge in [0.05, 0.1) is 22.1 Å². The van der Waals surface area contributed by atoms with E-state index in [-0.39, 0.29) is 0 Å². The van der Waals surface area contributed by atoms with Crippen LogP contribution in [0.5, 0.6) is 0 Å². The minimum Gasteiger partial charge on any atom is -0.309 e. The van der Waals surface area contributed by atoms with Crippen LogP contribution in [0.1, 0.15) is 0 Å². The molecule has 136 heavy (non-hydrogen) atoms. The summed E-state index contributed by atoms with van der Waals surface area (Å²) in [6.45, 7) is 0. The number of rotatable bonds is 16. The minimum atomic E-state index is 0.611. The van der Waals surface area contributed by atoms with Crippen LogP contribution in [0.4, 0.5) is 0 Å². The van der Waals surface area contributed by atoms with E-state index < -0.39 is 0 Å². The molecule has 0 bridgehead atoms. The van der Waals surface area contributed by atoms with Crippen LogP contribution in [0.25, 0.3) is 253 Å². The van der Waals surface area contributed by atoms with Gasteiger partial charge in [0.25, 0.3) is 0 Å². The van der Waals surface area contributed by atoms with Crippen molar-refractivity contribution in [3.8, 4) is 169 Å². The lowest BCUT2D eigenvalue weighted by Gasteiger charge is -2.16. The van der Waals surface area contributed by atoms with Crippen LogP contribution in [-0.2, 0) is 0 Å². The van der Waals surface area contributed by atoms with E-state index in [1.165, 1.54) is 95.1 Å². The Balaban J connectivity index is 0.000000145. The maximum Gasteiger partial charge on any atom is 0.164 e. The summed E-state index contributed by atoms with van der Waals surface area (Å²) >= 11 is 3.70. The molecule has 20 aromatic carbocycles. The van der Waals surface area contributed by atoms with Crippen molar-refractivity contribution in [2.24, 2.45) is 0 Å². The quantitative estimate of drug-likeness (QED) is 0.0958. The van der Waals surface area contributed by atoms with Gasteiger partial charge in [0.2, 0.25) is 0 Å². The zero-order valence-corrected chi connectivity index (χ0v) is 75.2. The van der Waals surface area contributed by atoms with Crippen molar-refractivity contribution in [2.75, 3.05) is 0 Å². The summed E-state index contributed by atoms with van der Waals surface area (Å²) in [6.07, 6.45) is 0. The topological polar surface area (TPSA) is 87.2 Å². The molecule has 0 aliphatic carbocycles. The molecule has 8 nitrogen and oxygen atoms in total. The maximum atomic E-state index is 5.37. The van der Waals surface area contributed by atoms with Crippen LogP contribution in [0, 0.1) is 0 Å². The number of fused-ring (bicyclic) bond motifs is 12. The zero-order chi connectivity index (χ0) is 89.9. The first-order valence-electron chi connectivity index (χ1n) is 45.8. The molecule has 0 saturated heterocycles. The second kappa shape index (κ2) is 34.6. The summed E-state index contributed by atoms with van der Waals surface area (Å²) in [5, 5.41) is 9.89. The third kappa shape index (κ3) is 15.0. The van der Waals surface area contributed by atoms with Gasteiger partial charge in [0.1, 0.15) is 0 Å². The second-order valence-electron chi connectivity index (χ2n) is 34.4. The van der Waals surface area contributed by atoms with Crippen LogP contribution in [0.15, 0.2) is 485 Å². The third-order valence-electron chi connectivity index (χ3n) is 26.1. The second-order valence-corrected chi connectivity index (χ2v) is 36.5. The lowest BCUT2D eigenvalue weighted by Crippen LogP contribution is -2.01. The molecule has 10 heteroatoms. The van der Waals surface area contributed by atoms with Gasteiger partial charge in [-0.25, -0.2) is 29.9 Å². The van der Waals surface area contributed by atoms with Crippen molar-refractivity contribution in [1.29, 1.82) is 0 Å². The Labute approximate surface area is 793 Å². The van der Waals surface area contributed by atoms with E-state index >= 15 is 0 Å². The molecule has 6 aromatic heterocycles. The first-order valence-corrected chi connectivity index (χ1v) is 47.5. The fourth-order valence-corrected chi connectivity index (χ4v) is 21.8. The van der Waals surface area contributed by atoms with Gasteiger partial charge in [-0.15, -0.1) is 22.7 Å². The van der Waals surface area contributed by atoms with Crippen molar-refractivity contribution in [2.45, 2.75) is 0 Å². The Morgan fingerprint density at radius 1 is 0.140 bits per heavy atom. The normalized spacial score (nSPS) is 11.5. The molecule has 0 atom stereocenters.